The highest BCUT2D eigenvalue weighted by Gasteiger charge is 2.21. The third-order valence-electron chi connectivity index (χ3n) is 4.65. The molecule has 2 aromatic heterocycles. The van der Waals surface area contributed by atoms with Crippen LogP contribution in [0.4, 0.5) is 5.69 Å². The Kier molecular flexibility index (Phi) is 8.29. The van der Waals surface area contributed by atoms with Gasteiger partial charge < -0.3 is 14.8 Å². The zero-order chi connectivity index (χ0) is 23.1. The summed E-state index contributed by atoms with van der Waals surface area (Å²) in [5, 5.41) is 16.8. The zero-order valence-electron chi connectivity index (χ0n) is 19.2. The van der Waals surface area contributed by atoms with Crippen molar-refractivity contribution in [2.24, 2.45) is 0 Å². The second-order valence-electron chi connectivity index (χ2n) is 7.30. The fourth-order valence-electron chi connectivity index (χ4n) is 3.32. The van der Waals surface area contributed by atoms with Gasteiger partial charge in [0, 0.05) is 25.5 Å². The number of ether oxygens (including phenoxy) is 2. The van der Waals surface area contributed by atoms with Crippen LogP contribution in [0.2, 0.25) is 0 Å². The molecule has 0 aliphatic heterocycles. The lowest BCUT2D eigenvalue weighted by Crippen LogP contribution is -2.15. The summed E-state index contributed by atoms with van der Waals surface area (Å²) >= 11 is 1.33. The van der Waals surface area contributed by atoms with Gasteiger partial charge in [-0.1, -0.05) is 17.8 Å². The predicted molar refractivity (Wildman–Crippen MR) is 125 cm³/mol. The summed E-state index contributed by atoms with van der Waals surface area (Å²) in [6.07, 6.45) is 1.90. The van der Waals surface area contributed by atoms with E-state index in [9.17, 15) is 4.79 Å². The number of hydrogen-bond donors (Lipinski definition) is 1. The van der Waals surface area contributed by atoms with Gasteiger partial charge in [0.2, 0.25) is 11.8 Å². The van der Waals surface area contributed by atoms with Crippen molar-refractivity contribution in [1.29, 1.82) is 0 Å². The maximum absolute atomic E-state index is 12.5. The summed E-state index contributed by atoms with van der Waals surface area (Å²) in [5.41, 5.74) is 3.77. The molecule has 0 bridgehead atoms. The number of aromatic nitrogens is 5. The number of nitrogens with zero attached hydrogens (tertiary/aromatic N) is 5. The van der Waals surface area contributed by atoms with E-state index in [0.29, 0.717) is 43.2 Å². The lowest BCUT2D eigenvalue weighted by Gasteiger charge is -2.10. The first-order valence-corrected chi connectivity index (χ1v) is 11.6. The lowest BCUT2D eigenvalue weighted by molar-refractivity contribution is -0.113. The van der Waals surface area contributed by atoms with Gasteiger partial charge in [0.25, 0.3) is 0 Å². The summed E-state index contributed by atoms with van der Waals surface area (Å²) in [6, 6.07) is 5.98. The van der Waals surface area contributed by atoms with E-state index >= 15 is 0 Å². The average molecular weight is 459 g/mol. The Morgan fingerprint density at radius 1 is 1.16 bits per heavy atom. The van der Waals surface area contributed by atoms with Gasteiger partial charge in [-0.05, 0) is 51.0 Å². The molecule has 32 heavy (non-hydrogen) atoms. The Morgan fingerprint density at radius 2 is 1.91 bits per heavy atom. The Bertz CT molecular complexity index is 1040. The molecule has 0 spiro atoms. The SMILES string of the molecule is CCOc1nn(CC)cc1-c1nnc(SCC(=O)Nc2cc(C)cc(C)c2)n1CCOC. The molecule has 0 radical (unpaired) electrons. The van der Waals surface area contributed by atoms with E-state index in [-0.39, 0.29) is 11.7 Å². The molecule has 1 N–H and O–H groups in total. The standard InChI is InChI=1S/C22H30N6O3S/c1-6-27-13-18(21(26-27)31-7-2)20-24-25-22(28(20)8-9-30-5)32-14-19(29)23-17-11-15(3)10-16(4)12-17/h10-13H,6-9,14H2,1-5H3,(H,23,29). The van der Waals surface area contributed by atoms with Gasteiger partial charge in [0.05, 0.1) is 25.5 Å². The quantitative estimate of drug-likeness (QED) is 0.439. The zero-order valence-corrected chi connectivity index (χ0v) is 20.0. The third kappa shape index (κ3) is 5.89. The number of nitrogens with one attached hydrogen (secondary N) is 1. The van der Waals surface area contributed by atoms with Crippen LogP contribution in [0, 0.1) is 13.8 Å². The highest BCUT2D eigenvalue weighted by Crippen LogP contribution is 2.30. The Hall–Kier alpha value is -2.85. The third-order valence-corrected chi connectivity index (χ3v) is 5.61. The molecule has 0 aliphatic carbocycles. The molecule has 0 unspecified atom stereocenters. The summed E-state index contributed by atoms with van der Waals surface area (Å²) in [4.78, 5) is 12.5. The molecular formula is C22H30N6O3S. The van der Waals surface area contributed by atoms with Crippen LogP contribution in [0.5, 0.6) is 5.88 Å². The number of rotatable bonds is 11. The maximum atomic E-state index is 12.5. The van der Waals surface area contributed by atoms with Crippen molar-refractivity contribution < 1.29 is 14.3 Å². The largest absolute Gasteiger partial charge is 0.476 e. The maximum Gasteiger partial charge on any atom is 0.243 e. The number of benzene rings is 1. The van der Waals surface area contributed by atoms with Gasteiger partial charge >= 0.3 is 0 Å². The number of thioether (sulfide) groups is 1. The minimum Gasteiger partial charge on any atom is -0.476 e. The van der Waals surface area contributed by atoms with Crippen LogP contribution < -0.4 is 10.1 Å². The number of amides is 1. The molecule has 0 saturated heterocycles. The number of hydrogen-bond acceptors (Lipinski definition) is 7. The molecular weight excluding hydrogens is 428 g/mol. The fourth-order valence-corrected chi connectivity index (χ4v) is 4.08. The van der Waals surface area contributed by atoms with E-state index in [1.54, 1.807) is 11.8 Å². The van der Waals surface area contributed by atoms with Crippen LogP contribution in [0.25, 0.3) is 11.4 Å². The van der Waals surface area contributed by atoms with Crippen molar-refractivity contribution in [3.8, 4) is 17.3 Å². The Labute approximate surface area is 192 Å². The van der Waals surface area contributed by atoms with E-state index in [1.165, 1.54) is 11.8 Å². The highest BCUT2D eigenvalue weighted by atomic mass is 32.2. The highest BCUT2D eigenvalue weighted by molar-refractivity contribution is 7.99. The first-order valence-electron chi connectivity index (χ1n) is 10.6. The lowest BCUT2D eigenvalue weighted by atomic mass is 10.1. The fraction of sp³-hybridized carbons (Fsp3) is 0.455. The number of carbonyl (C=O) groups excluding carboxylic acids is 1. The molecule has 0 saturated carbocycles. The first kappa shape index (κ1) is 23.8. The van der Waals surface area contributed by atoms with Crippen LogP contribution >= 0.6 is 11.8 Å². The minimum atomic E-state index is -0.100. The van der Waals surface area contributed by atoms with Crippen molar-refractivity contribution >= 4 is 23.4 Å². The molecule has 0 aliphatic rings. The normalized spacial score (nSPS) is 11.0. The molecule has 3 aromatic rings. The van der Waals surface area contributed by atoms with Crippen LogP contribution in [0.3, 0.4) is 0 Å². The molecule has 10 heteroatoms. The van der Waals surface area contributed by atoms with E-state index in [2.05, 4.69) is 26.7 Å². The molecule has 0 atom stereocenters. The summed E-state index contributed by atoms with van der Waals surface area (Å²) in [6.45, 7) is 10.2. The number of carbonyl (C=O) groups is 1. The van der Waals surface area contributed by atoms with Crippen LogP contribution in [0.15, 0.2) is 29.6 Å². The molecule has 9 nitrogen and oxygen atoms in total. The summed E-state index contributed by atoms with van der Waals surface area (Å²) in [7, 11) is 1.65. The monoisotopic (exact) mass is 458 g/mol. The van der Waals surface area contributed by atoms with Crippen molar-refractivity contribution in [2.45, 2.75) is 45.9 Å². The molecule has 172 valence electrons. The van der Waals surface area contributed by atoms with Gasteiger partial charge in [0.1, 0.15) is 5.56 Å². The van der Waals surface area contributed by atoms with Gasteiger partial charge in [-0.2, -0.15) is 0 Å². The minimum absolute atomic E-state index is 0.100. The van der Waals surface area contributed by atoms with Crippen molar-refractivity contribution in [2.75, 3.05) is 31.4 Å². The first-order chi connectivity index (χ1) is 15.4. The van der Waals surface area contributed by atoms with Crippen LogP contribution in [-0.2, 0) is 22.6 Å². The summed E-state index contributed by atoms with van der Waals surface area (Å²) < 4.78 is 14.7. The molecule has 1 amide bonds. The smallest absolute Gasteiger partial charge is 0.243 e. The average Bonchev–Trinajstić information content (AvgIpc) is 3.33. The van der Waals surface area contributed by atoms with E-state index in [0.717, 1.165) is 22.4 Å². The molecule has 0 fully saturated rings. The molecule has 2 heterocycles. The predicted octanol–water partition coefficient (Wildman–Crippen LogP) is 3.55. The van der Waals surface area contributed by atoms with Gasteiger partial charge in [-0.15, -0.1) is 15.3 Å². The van der Waals surface area contributed by atoms with Crippen LogP contribution in [-0.4, -0.2) is 56.5 Å². The topological polar surface area (TPSA) is 96.1 Å². The molecule has 3 rings (SSSR count). The Balaban J connectivity index is 1.79. The van der Waals surface area contributed by atoms with E-state index in [1.807, 2.05) is 50.6 Å². The van der Waals surface area contributed by atoms with Gasteiger partial charge in [-0.3, -0.25) is 14.0 Å². The van der Waals surface area contributed by atoms with Crippen molar-refractivity contribution in [3.63, 3.8) is 0 Å². The van der Waals surface area contributed by atoms with E-state index in [4.69, 9.17) is 9.47 Å². The number of methoxy groups -OCH3 is 1. The van der Waals surface area contributed by atoms with Gasteiger partial charge in [-0.25, -0.2) is 0 Å². The van der Waals surface area contributed by atoms with Crippen LogP contribution in [0.1, 0.15) is 25.0 Å². The summed E-state index contributed by atoms with van der Waals surface area (Å²) in [5.74, 6) is 1.27. The van der Waals surface area contributed by atoms with Gasteiger partial charge in [0.15, 0.2) is 11.0 Å². The number of anilines is 1. The van der Waals surface area contributed by atoms with Crippen molar-refractivity contribution in [3.05, 3.63) is 35.5 Å². The van der Waals surface area contributed by atoms with E-state index < -0.39 is 0 Å². The second-order valence-corrected chi connectivity index (χ2v) is 8.24. The Morgan fingerprint density at radius 3 is 2.56 bits per heavy atom. The number of aryl methyl sites for hydroxylation is 3. The van der Waals surface area contributed by atoms with Crippen molar-refractivity contribution in [1.82, 2.24) is 24.5 Å². The second kappa shape index (κ2) is 11.1. The molecule has 1 aromatic carbocycles.